The van der Waals surface area contributed by atoms with Gasteiger partial charge in [-0.15, -0.1) is 0 Å². The van der Waals surface area contributed by atoms with Gasteiger partial charge in [0.1, 0.15) is 0 Å². The van der Waals surface area contributed by atoms with Gasteiger partial charge in [-0.3, -0.25) is 0 Å². The fourth-order valence-electron chi connectivity index (χ4n) is 19.0. The van der Waals surface area contributed by atoms with Crippen LogP contribution < -0.4 is 26.2 Å². The molecule has 0 saturated carbocycles. The van der Waals surface area contributed by atoms with E-state index in [1.54, 1.807) is 0 Å². The second-order valence-electron chi connectivity index (χ2n) is 37.7. The van der Waals surface area contributed by atoms with Gasteiger partial charge in [-0.2, -0.15) is 0 Å². The molecule has 2 aliphatic rings. The molecule has 0 aliphatic carbocycles. The number of hydrogen-bond donors (Lipinski definition) is 0. The lowest BCUT2D eigenvalue weighted by atomic mass is 9.33. The summed E-state index contributed by atoms with van der Waals surface area (Å²) in [5.41, 5.74) is 32.6. The quantitative estimate of drug-likeness (QED) is 0.148. The van der Waals surface area contributed by atoms with Crippen LogP contribution in [-0.2, 0) is 27.1 Å². The zero-order valence-electron chi connectivity index (χ0n) is 68.9. The van der Waals surface area contributed by atoms with Crippen molar-refractivity contribution in [2.75, 3.05) is 9.80 Å². The molecule has 18 aromatic rings. The Kier molecular flexibility index (Phi) is 16.2. The number of fused-ring (bicyclic) bond motifs is 18. The van der Waals surface area contributed by atoms with Crippen molar-refractivity contribution < 1.29 is 0 Å². The van der Waals surface area contributed by atoms with Crippen LogP contribution in [0.1, 0.15) is 132 Å². The maximum Gasteiger partial charge on any atom is 0.252 e. The minimum absolute atomic E-state index is 0.0751. The Morgan fingerprint density at radius 2 is 0.661 bits per heavy atom. The van der Waals surface area contributed by atoms with Crippen molar-refractivity contribution in [3.8, 4) is 50.2 Å². The monoisotopic (exact) mass is 1480 g/mol. The largest absolute Gasteiger partial charge is 0.311 e. The highest BCUT2D eigenvalue weighted by molar-refractivity contribution is 7.00. The van der Waals surface area contributed by atoms with Crippen molar-refractivity contribution in [2.45, 2.75) is 131 Å². The number of rotatable bonds is 7. The Hall–Kier alpha value is -12.4. The lowest BCUT2D eigenvalue weighted by Crippen LogP contribution is -2.61. The molecular formula is C110H97BN4. The Morgan fingerprint density at radius 3 is 1.20 bits per heavy atom. The van der Waals surface area contributed by atoms with Gasteiger partial charge in [0, 0.05) is 71.9 Å². The summed E-state index contributed by atoms with van der Waals surface area (Å²) in [6.45, 7) is 35.0. The van der Waals surface area contributed by atoms with Crippen LogP contribution in [0.3, 0.4) is 0 Å². The first-order chi connectivity index (χ1) is 55.2. The number of nitrogens with zero attached hydrogens (tertiary/aromatic N) is 4. The van der Waals surface area contributed by atoms with E-state index in [0.29, 0.717) is 0 Å². The first-order valence-corrected chi connectivity index (χ1v) is 41.2. The zero-order valence-corrected chi connectivity index (χ0v) is 68.9. The normalized spacial score (nSPS) is 13.3. The lowest BCUT2D eigenvalue weighted by molar-refractivity contribution is 0.569. The van der Waals surface area contributed by atoms with E-state index in [4.69, 9.17) is 0 Å². The summed E-state index contributed by atoms with van der Waals surface area (Å²) < 4.78 is 5.27. The topological polar surface area (TPSA) is 15.8 Å². The molecule has 20 rings (SSSR count). The van der Waals surface area contributed by atoms with Gasteiger partial charge in [-0.05, 0) is 205 Å². The summed E-state index contributed by atoms with van der Waals surface area (Å²) in [7, 11) is 0. The van der Waals surface area contributed by atoms with Crippen molar-refractivity contribution >= 4 is 139 Å². The summed E-state index contributed by atoms with van der Waals surface area (Å²) >= 11 is 0. The number of anilines is 6. The van der Waals surface area contributed by atoms with E-state index < -0.39 is 0 Å². The average Bonchev–Trinajstić information content (AvgIpc) is 1.64. The van der Waals surface area contributed by atoms with Gasteiger partial charge in [0.25, 0.3) is 6.71 Å². The summed E-state index contributed by atoms with van der Waals surface area (Å²) in [4.78, 5) is 5.49. The molecule has 0 atom stereocenters. The molecule has 0 spiro atoms. The van der Waals surface area contributed by atoms with Crippen LogP contribution in [0.4, 0.5) is 34.1 Å². The molecule has 0 saturated heterocycles. The Morgan fingerprint density at radius 1 is 0.235 bits per heavy atom. The Labute approximate surface area is 677 Å². The third-order valence-electron chi connectivity index (χ3n) is 25.2. The van der Waals surface area contributed by atoms with E-state index in [1.807, 2.05) is 0 Å². The van der Waals surface area contributed by atoms with Crippen molar-refractivity contribution in [2.24, 2.45) is 0 Å². The van der Waals surface area contributed by atoms with E-state index in [2.05, 4.69) is 438 Å². The highest BCUT2D eigenvalue weighted by Crippen LogP contribution is 2.56. The second-order valence-corrected chi connectivity index (χ2v) is 37.7. The van der Waals surface area contributed by atoms with Crippen LogP contribution in [0.15, 0.2) is 315 Å². The van der Waals surface area contributed by atoms with Gasteiger partial charge in [-0.25, -0.2) is 0 Å². The number of benzene rings is 15. The van der Waals surface area contributed by atoms with Crippen molar-refractivity contribution in [1.29, 1.82) is 0 Å². The zero-order chi connectivity index (χ0) is 79.1. The number of aromatic nitrogens is 2. The first-order valence-electron chi connectivity index (χ1n) is 41.2. The fourth-order valence-corrected chi connectivity index (χ4v) is 19.0. The smallest absolute Gasteiger partial charge is 0.252 e. The molecule has 0 N–H and O–H groups in total. The molecule has 0 fully saturated rings. The molecule has 5 heteroatoms. The molecule has 2 aliphatic heterocycles. The minimum Gasteiger partial charge on any atom is -0.311 e. The molecule has 0 unspecified atom stereocenters. The Balaban J connectivity index is 1.02. The molecular weight excluding hydrogens is 1390 g/mol. The summed E-state index contributed by atoms with van der Waals surface area (Å²) in [5, 5.41) is 12.0. The molecule has 560 valence electrons. The molecule has 3 aromatic heterocycles. The molecule has 5 heterocycles. The van der Waals surface area contributed by atoms with Crippen LogP contribution in [0.5, 0.6) is 0 Å². The van der Waals surface area contributed by atoms with Crippen LogP contribution in [0.2, 0.25) is 0 Å². The van der Waals surface area contributed by atoms with E-state index in [0.717, 1.165) is 78.7 Å². The molecule has 0 amide bonds. The van der Waals surface area contributed by atoms with E-state index in [1.165, 1.54) is 131 Å². The predicted molar refractivity (Wildman–Crippen MR) is 497 cm³/mol. The Bertz CT molecular complexity index is 6920. The van der Waals surface area contributed by atoms with Gasteiger partial charge < -0.3 is 18.8 Å². The second kappa shape index (κ2) is 26.1. The van der Waals surface area contributed by atoms with E-state index in [-0.39, 0.29) is 33.8 Å². The van der Waals surface area contributed by atoms with Gasteiger partial charge in [0.2, 0.25) is 0 Å². The average molecular weight is 1490 g/mol. The molecule has 0 bridgehead atoms. The lowest BCUT2D eigenvalue weighted by Gasteiger charge is -2.45. The molecule has 4 nitrogen and oxygen atoms in total. The van der Waals surface area contributed by atoms with Gasteiger partial charge in [0.15, 0.2) is 0 Å². The van der Waals surface area contributed by atoms with Crippen molar-refractivity contribution in [3.05, 3.63) is 343 Å². The van der Waals surface area contributed by atoms with Crippen LogP contribution in [-0.4, -0.2) is 15.7 Å². The summed E-state index contributed by atoms with van der Waals surface area (Å²) in [5.74, 6) is 0. The fraction of sp³-hybridized carbons (Fsp3) is 0.182. The molecule has 0 radical (unpaired) electrons. The minimum atomic E-state index is -0.291. The van der Waals surface area contributed by atoms with E-state index >= 15 is 0 Å². The predicted octanol–water partition coefficient (Wildman–Crippen LogP) is 28.6. The molecule has 15 aromatic carbocycles. The summed E-state index contributed by atoms with van der Waals surface area (Å²) in [6, 6.07) is 122. The third-order valence-corrected chi connectivity index (χ3v) is 25.2. The standard InChI is InChI=1S/C110H97BN4/c1-106(2,3)74-49-56-95-90(62-74)91-63-75(107(4,5)6)50-57-96(91)112(95)80-53-55-93-98(66-80)115(104-88(70-34-21-17-22-35-70)64-78(110(13,14)15)65-89(104)71-36-23-18-24-37-71)100-67-99-101(87-44-31-43-86-84-41-28-26-39-82(84)81-38-25-27-40-83(81)85-42-29-30-45-94(85)114(99)103(86)87)105-102(100)111(93)92-54-48-72(73-58-76(108(7,8)9)61-77(59-73)109(10,11)12)60-97(92)113(105)79-51-46-69(47-52-79)68-32-19-16-20-33-68/h16-67H,1-15H3. The summed E-state index contributed by atoms with van der Waals surface area (Å²) in [6.07, 6.45) is 0. The first kappa shape index (κ1) is 71.6. The van der Waals surface area contributed by atoms with Crippen molar-refractivity contribution in [3.63, 3.8) is 0 Å². The highest BCUT2D eigenvalue weighted by atomic mass is 15.2. The molecule has 115 heavy (non-hydrogen) atoms. The SMILES string of the molecule is CC(C)(C)c1cc(-c2ccc3c(c2)N(c2ccc(-c4ccccc4)cc2)c2c4c(cc5c2c2cccc6c7ccccc7c7ccccc7c7ccccc7n5c62)N(c2c(-c5ccccc5)cc(C(C)(C)C)cc2-c2ccccc2)c2cc(-n5c6ccc(C(C)(C)C)cc6c6cc(C(C)(C)C)ccc65)ccc2B34)cc(C(C)(C)C)c1. The van der Waals surface area contributed by atoms with E-state index in [9.17, 15) is 0 Å². The van der Waals surface area contributed by atoms with Crippen LogP contribution in [0.25, 0.3) is 132 Å². The van der Waals surface area contributed by atoms with Crippen LogP contribution >= 0.6 is 0 Å². The highest BCUT2D eigenvalue weighted by Gasteiger charge is 2.47. The maximum atomic E-state index is 2.77. The number of hydrogen-bond acceptors (Lipinski definition) is 2. The maximum absolute atomic E-state index is 2.77. The van der Waals surface area contributed by atoms with Gasteiger partial charge in [0.05, 0.1) is 39.0 Å². The van der Waals surface area contributed by atoms with Gasteiger partial charge in [-0.1, -0.05) is 340 Å². The van der Waals surface area contributed by atoms with Crippen LogP contribution in [0, 0.1) is 0 Å². The van der Waals surface area contributed by atoms with Gasteiger partial charge >= 0.3 is 0 Å². The van der Waals surface area contributed by atoms with Crippen molar-refractivity contribution in [1.82, 2.24) is 8.97 Å². The third kappa shape index (κ3) is 11.6. The number of para-hydroxylation sites is 2.